The number of rotatable bonds is 11. The van der Waals surface area contributed by atoms with Gasteiger partial charge in [0.25, 0.3) is 10.0 Å². The van der Waals surface area contributed by atoms with Crippen molar-refractivity contribution in [3.8, 4) is 0 Å². The summed E-state index contributed by atoms with van der Waals surface area (Å²) in [7, 11) is -3.96. The minimum absolute atomic E-state index is 0.0562. The molecule has 0 aliphatic heterocycles. The van der Waals surface area contributed by atoms with Crippen molar-refractivity contribution in [3.63, 3.8) is 0 Å². The molecule has 0 spiro atoms. The van der Waals surface area contributed by atoms with Crippen LogP contribution in [0.5, 0.6) is 0 Å². The molecule has 3 aromatic carbocycles. The largest absolute Gasteiger partial charge is 0.354 e. The second-order valence-corrected chi connectivity index (χ2v) is 10.6. The van der Waals surface area contributed by atoms with Gasteiger partial charge in [-0.25, -0.2) is 12.8 Å². The monoisotopic (exact) mass is 506 g/mol. The summed E-state index contributed by atoms with van der Waals surface area (Å²) in [5, 5.41) is 3.22. The first-order chi connectivity index (χ1) is 15.9. The van der Waals surface area contributed by atoms with Gasteiger partial charge >= 0.3 is 0 Å². The van der Waals surface area contributed by atoms with Crippen molar-refractivity contribution < 1.29 is 17.6 Å². The highest BCUT2D eigenvalue weighted by Gasteiger charge is 2.27. The van der Waals surface area contributed by atoms with Crippen LogP contribution in [0.25, 0.3) is 0 Å². The minimum atomic E-state index is -3.96. The fourth-order valence-electron chi connectivity index (χ4n) is 3.00. The van der Waals surface area contributed by atoms with E-state index in [4.69, 9.17) is 11.6 Å². The Morgan fingerprint density at radius 1 is 0.970 bits per heavy atom. The lowest BCUT2D eigenvalue weighted by Crippen LogP contribution is -2.41. The fraction of sp³-hybridized carbons (Fsp3) is 0.208. The summed E-state index contributed by atoms with van der Waals surface area (Å²) in [6.45, 7) is 0.0938. The van der Waals surface area contributed by atoms with E-state index in [1.165, 1.54) is 36.4 Å². The van der Waals surface area contributed by atoms with E-state index in [0.29, 0.717) is 17.3 Å². The van der Waals surface area contributed by atoms with E-state index in [1.54, 1.807) is 54.2 Å². The number of benzene rings is 3. The predicted molar refractivity (Wildman–Crippen MR) is 133 cm³/mol. The molecule has 0 unspecified atom stereocenters. The zero-order chi connectivity index (χ0) is 23.7. The van der Waals surface area contributed by atoms with Crippen molar-refractivity contribution in [2.24, 2.45) is 0 Å². The number of amides is 1. The maximum atomic E-state index is 13.2. The SMILES string of the molecule is O=C(CN(c1ccccc1)S(=O)(=O)c1ccc(Cl)cc1)NCCCSCc1ccc(F)cc1. The van der Waals surface area contributed by atoms with Crippen LogP contribution < -0.4 is 9.62 Å². The molecule has 0 aliphatic carbocycles. The first-order valence-corrected chi connectivity index (χ1v) is 13.3. The summed E-state index contributed by atoms with van der Waals surface area (Å²) < 4.78 is 40.5. The van der Waals surface area contributed by atoms with Crippen LogP contribution in [0.3, 0.4) is 0 Å². The van der Waals surface area contributed by atoms with Gasteiger partial charge in [-0.2, -0.15) is 11.8 Å². The van der Waals surface area contributed by atoms with Gasteiger partial charge in [-0.15, -0.1) is 0 Å². The molecule has 3 rings (SSSR count). The number of sulfonamides is 1. The van der Waals surface area contributed by atoms with E-state index in [9.17, 15) is 17.6 Å². The molecule has 1 amide bonds. The molecule has 0 radical (unpaired) electrons. The molecule has 0 aromatic heterocycles. The second kappa shape index (κ2) is 12.1. The van der Waals surface area contributed by atoms with Crippen molar-refractivity contribution in [2.75, 3.05) is 23.1 Å². The van der Waals surface area contributed by atoms with Crippen LogP contribution in [-0.2, 0) is 20.6 Å². The Hall–Kier alpha value is -2.55. The molecule has 174 valence electrons. The van der Waals surface area contributed by atoms with Gasteiger partial charge in [0.15, 0.2) is 0 Å². The third-order valence-electron chi connectivity index (χ3n) is 4.70. The Balaban J connectivity index is 1.54. The molecule has 5 nitrogen and oxygen atoms in total. The summed E-state index contributed by atoms with van der Waals surface area (Å²) >= 11 is 7.57. The Morgan fingerprint density at radius 2 is 1.64 bits per heavy atom. The summed E-state index contributed by atoms with van der Waals surface area (Å²) in [5.74, 6) is 0.923. The van der Waals surface area contributed by atoms with E-state index < -0.39 is 10.0 Å². The third-order valence-corrected chi connectivity index (χ3v) is 7.86. The molecule has 0 heterocycles. The molecule has 1 N–H and O–H groups in total. The van der Waals surface area contributed by atoms with Gasteiger partial charge < -0.3 is 5.32 Å². The van der Waals surface area contributed by atoms with Crippen molar-refractivity contribution in [3.05, 3.63) is 95.3 Å². The highest BCUT2D eigenvalue weighted by Crippen LogP contribution is 2.24. The van der Waals surface area contributed by atoms with E-state index in [0.717, 1.165) is 27.8 Å². The highest BCUT2D eigenvalue weighted by atomic mass is 35.5. The Kier molecular flexibility index (Phi) is 9.17. The topological polar surface area (TPSA) is 66.5 Å². The molecule has 0 saturated carbocycles. The van der Waals surface area contributed by atoms with Gasteiger partial charge in [-0.05, 0) is 66.3 Å². The average molecular weight is 507 g/mol. The van der Waals surface area contributed by atoms with Crippen molar-refractivity contribution in [2.45, 2.75) is 17.1 Å². The zero-order valence-electron chi connectivity index (χ0n) is 17.8. The molecule has 0 aliphatic rings. The van der Waals surface area contributed by atoms with Gasteiger partial charge in [-0.3, -0.25) is 9.10 Å². The van der Waals surface area contributed by atoms with E-state index >= 15 is 0 Å². The molecule has 33 heavy (non-hydrogen) atoms. The summed E-state index contributed by atoms with van der Waals surface area (Å²) in [5.41, 5.74) is 1.44. The van der Waals surface area contributed by atoms with Crippen LogP contribution in [-0.4, -0.2) is 33.2 Å². The lowest BCUT2D eigenvalue weighted by atomic mass is 10.2. The van der Waals surface area contributed by atoms with Crippen LogP contribution in [0.1, 0.15) is 12.0 Å². The van der Waals surface area contributed by atoms with Gasteiger partial charge in [0.05, 0.1) is 10.6 Å². The molecular formula is C24H24ClFN2O3S2. The van der Waals surface area contributed by atoms with Gasteiger partial charge in [-0.1, -0.05) is 41.9 Å². The molecule has 0 atom stereocenters. The van der Waals surface area contributed by atoms with Gasteiger partial charge in [0.1, 0.15) is 12.4 Å². The average Bonchev–Trinajstić information content (AvgIpc) is 2.81. The number of nitrogens with one attached hydrogen (secondary N) is 1. The normalized spacial score (nSPS) is 11.2. The first-order valence-electron chi connectivity index (χ1n) is 10.3. The summed E-state index contributed by atoms with van der Waals surface area (Å²) in [4.78, 5) is 12.6. The van der Waals surface area contributed by atoms with Crippen LogP contribution in [0.15, 0.2) is 83.8 Å². The lowest BCUT2D eigenvalue weighted by molar-refractivity contribution is -0.119. The van der Waals surface area contributed by atoms with Crippen molar-refractivity contribution in [1.29, 1.82) is 0 Å². The smallest absolute Gasteiger partial charge is 0.264 e. The number of thioether (sulfide) groups is 1. The molecular weight excluding hydrogens is 483 g/mol. The number of carbonyl (C=O) groups excluding carboxylic acids is 1. The Morgan fingerprint density at radius 3 is 2.30 bits per heavy atom. The van der Waals surface area contributed by atoms with E-state index in [1.807, 2.05) is 0 Å². The van der Waals surface area contributed by atoms with Crippen molar-refractivity contribution in [1.82, 2.24) is 5.32 Å². The molecule has 3 aromatic rings. The van der Waals surface area contributed by atoms with Gasteiger partial charge in [0.2, 0.25) is 5.91 Å². The number of anilines is 1. The predicted octanol–water partition coefficient (Wildman–Crippen LogP) is 5.11. The van der Waals surface area contributed by atoms with Gasteiger partial charge in [0, 0.05) is 17.3 Å². The van der Waals surface area contributed by atoms with Crippen molar-refractivity contribution >= 4 is 45.0 Å². The Labute approximate surface area is 203 Å². The first kappa shape index (κ1) is 25.1. The zero-order valence-corrected chi connectivity index (χ0v) is 20.2. The van der Waals surface area contributed by atoms with Crippen LogP contribution in [0.2, 0.25) is 5.02 Å². The molecule has 0 fully saturated rings. The molecule has 9 heteroatoms. The van der Waals surface area contributed by atoms with E-state index in [-0.39, 0.29) is 23.2 Å². The Bertz CT molecular complexity index is 1140. The maximum absolute atomic E-state index is 13.2. The van der Waals surface area contributed by atoms with Crippen LogP contribution in [0, 0.1) is 5.82 Å². The summed E-state index contributed by atoms with van der Waals surface area (Å²) in [6.07, 6.45) is 0.729. The van der Waals surface area contributed by atoms with Crippen LogP contribution in [0.4, 0.5) is 10.1 Å². The quantitative estimate of drug-likeness (QED) is 0.367. The van der Waals surface area contributed by atoms with Crippen LogP contribution >= 0.6 is 23.4 Å². The molecule has 0 bridgehead atoms. The lowest BCUT2D eigenvalue weighted by Gasteiger charge is -2.24. The van der Waals surface area contributed by atoms with E-state index in [2.05, 4.69) is 5.32 Å². The minimum Gasteiger partial charge on any atom is -0.354 e. The number of para-hydroxylation sites is 1. The highest BCUT2D eigenvalue weighted by molar-refractivity contribution is 7.98. The fourth-order valence-corrected chi connectivity index (χ4v) is 5.47. The number of carbonyl (C=O) groups is 1. The second-order valence-electron chi connectivity index (χ2n) is 7.18. The number of hydrogen-bond donors (Lipinski definition) is 1. The standard InChI is InChI=1S/C24H24ClFN2O3S2/c25-20-9-13-23(14-10-20)33(30,31)28(22-5-2-1-3-6-22)17-24(29)27-15-4-16-32-18-19-7-11-21(26)12-8-19/h1-3,5-14H,4,15-18H2,(H,27,29). The molecule has 0 saturated heterocycles. The number of halogens is 2. The number of hydrogen-bond acceptors (Lipinski definition) is 4. The third kappa shape index (κ3) is 7.48. The maximum Gasteiger partial charge on any atom is 0.264 e. The summed E-state index contributed by atoms with van der Waals surface area (Å²) in [6, 6.07) is 20.7. The number of nitrogens with zero attached hydrogens (tertiary/aromatic N) is 1.